The van der Waals surface area contributed by atoms with E-state index in [0.717, 1.165) is 12.2 Å². The van der Waals surface area contributed by atoms with Crippen LogP contribution in [0.2, 0.25) is 0 Å². The third-order valence-electron chi connectivity index (χ3n) is 3.06. The first-order chi connectivity index (χ1) is 7.30. The number of benzene rings is 1. The van der Waals surface area contributed by atoms with Gasteiger partial charge in [0.1, 0.15) is 0 Å². The molecule has 0 radical (unpaired) electrons. The Kier molecular flexibility index (Phi) is 3.05. The summed E-state index contributed by atoms with van der Waals surface area (Å²) in [5, 5.41) is 0. The topological polar surface area (TPSA) is 44.5 Å². The van der Waals surface area contributed by atoms with Gasteiger partial charge < -0.3 is 4.74 Å². The van der Waals surface area contributed by atoms with Crippen molar-refractivity contribution < 1.29 is 9.57 Å². The van der Waals surface area contributed by atoms with Crippen LogP contribution in [0.3, 0.4) is 0 Å². The molecule has 0 unspecified atom stereocenters. The largest absolute Gasteiger partial charge is 0.384 e. The Labute approximate surface area is 90.1 Å². The van der Waals surface area contributed by atoms with Crippen LogP contribution in [0.1, 0.15) is 24.0 Å². The highest BCUT2D eigenvalue weighted by Crippen LogP contribution is 2.48. The molecule has 1 aliphatic carbocycles. The molecule has 0 spiro atoms. The summed E-state index contributed by atoms with van der Waals surface area (Å²) in [5.41, 5.74) is 2.73. The second kappa shape index (κ2) is 4.31. The van der Waals surface area contributed by atoms with E-state index >= 15 is 0 Å². The zero-order valence-electron chi connectivity index (χ0n) is 9.03. The van der Waals surface area contributed by atoms with Crippen molar-refractivity contribution in [1.29, 1.82) is 0 Å². The fourth-order valence-electron chi connectivity index (χ4n) is 2.03. The van der Waals surface area contributed by atoms with E-state index in [1.807, 2.05) is 6.07 Å². The zero-order chi connectivity index (χ0) is 10.7. The predicted molar refractivity (Wildman–Crippen MR) is 58.2 cm³/mol. The third-order valence-corrected chi connectivity index (χ3v) is 3.06. The van der Waals surface area contributed by atoms with Crippen molar-refractivity contribution >= 4 is 0 Å². The molecule has 0 amide bonds. The number of methoxy groups -OCH3 is 1. The van der Waals surface area contributed by atoms with Crippen molar-refractivity contribution in [2.75, 3.05) is 13.7 Å². The molecule has 3 nitrogen and oxygen atoms in total. The Morgan fingerprint density at radius 1 is 1.40 bits per heavy atom. The third kappa shape index (κ3) is 2.20. The van der Waals surface area contributed by atoms with Crippen LogP contribution in [0.5, 0.6) is 0 Å². The van der Waals surface area contributed by atoms with Crippen LogP contribution in [-0.2, 0) is 21.6 Å². The van der Waals surface area contributed by atoms with Gasteiger partial charge in [0.15, 0.2) is 0 Å². The van der Waals surface area contributed by atoms with Gasteiger partial charge in [0, 0.05) is 12.5 Å². The van der Waals surface area contributed by atoms with Crippen molar-refractivity contribution in [2.24, 2.45) is 5.90 Å². The summed E-state index contributed by atoms with van der Waals surface area (Å²) >= 11 is 0. The fourth-order valence-corrected chi connectivity index (χ4v) is 2.03. The molecule has 1 aliphatic rings. The van der Waals surface area contributed by atoms with Crippen LogP contribution >= 0.6 is 0 Å². The van der Waals surface area contributed by atoms with Crippen LogP contribution in [0.4, 0.5) is 0 Å². The Balaban J connectivity index is 2.17. The van der Waals surface area contributed by atoms with Crippen LogP contribution in [-0.4, -0.2) is 13.7 Å². The maximum Gasteiger partial charge on any atom is 0.0930 e. The lowest BCUT2D eigenvalue weighted by Crippen LogP contribution is -2.14. The minimum Gasteiger partial charge on any atom is -0.384 e. The molecule has 0 atom stereocenters. The number of ether oxygens (including phenoxy) is 1. The van der Waals surface area contributed by atoms with Gasteiger partial charge in [-0.25, -0.2) is 5.90 Å². The molecule has 0 aliphatic heterocycles. The standard InChI is InChI=1S/C12H17NO2/c1-14-9-12(5-6-12)11-4-2-3-10(7-11)8-15-13/h2-4,7H,5-6,8-9,13H2,1H3. The van der Waals surface area contributed by atoms with Gasteiger partial charge in [0.25, 0.3) is 0 Å². The van der Waals surface area contributed by atoms with E-state index in [1.54, 1.807) is 7.11 Å². The second-order valence-corrected chi connectivity index (χ2v) is 4.22. The van der Waals surface area contributed by atoms with E-state index in [4.69, 9.17) is 10.6 Å². The minimum absolute atomic E-state index is 0.263. The highest BCUT2D eigenvalue weighted by Gasteiger charge is 2.44. The summed E-state index contributed by atoms with van der Waals surface area (Å²) in [6.07, 6.45) is 2.43. The van der Waals surface area contributed by atoms with Crippen LogP contribution in [0.25, 0.3) is 0 Å². The molecule has 1 saturated carbocycles. The molecule has 1 fully saturated rings. The van der Waals surface area contributed by atoms with Crippen molar-refractivity contribution in [2.45, 2.75) is 24.9 Å². The Hall–Kier alpha value is -0.900. The van der Waals surface area contributed by atoms with Gasteiger partial charge in [-0.3, -0.25) is 4.84 Å². The number of hydrogen-bond donors (Lipinski definition) is 1. The Morgan fingerprint density at radius 2 is 2.20 bits per heavy atom. The van der Waals surface area contributed by atoms with Crippen molar-refractivity contribution in [3.8, 4) is 0 Å². The highest BCUT2D eigenvalue weighted by atomic mass is 16.6. The number of rotatable bonds is 5. The summed E-state index contributed by atoms with van der Waals surface area (Å²) < 4.78 is 5.27. The fraction of sp³-hybridized carbons (Fsp3) is 0.500. The quantitative estimate of drug-likeness (QED) is 0.748. The van der Waals surface area contributed by atoms with E-state index in [0.29, 0.717) is 6.61 Å². The molecule has 1 aromatic rings. The van der Waals surface area contributed by atoms with Crippen molar-refractivity contribution in [3.05, 3.63) is 35.4 Å². The predicted octanol–water partition coefficient (Wildman–Crippen LogP) is 1.75. The average molecular weight is 207 g/mol. The van der Waals surface area contributed by atoms with Gasteiger partial charge in [0.05, 0.1) is 13.2 Å². The van der Waals surface area contributed by atoms with Gasteiger partial charge in [-0.2, -0.15) is 0 Å². The van der Waals surface area contributed by atoms with E-state index in [1.165, 1.54) is 18.4 Å². The molecule has 1 aromatic carbocycles. The summed E-state index contributed by atoms with van der Waals surface area (Å²) in [4.78, 5) is 4.64. The lowest BCUT2D eigenvalue weighted by atomic mass is 9.95. The second-order valence-electron chi connectivity index (χ2n) is 4.22. The minimum atomic E-state index is 0.263. The molecule has 0 aromatic heterocycles. The van der Waals surface area contributed by atoms with Gasteiger partial charge in [-0.1, -0.05) is 24.3 Å². The van der Waals surface area contributed by atoms with Crippen LogP contribution in [0.15, 0.2) is 24.3 Å². The SMILES string of the molecule is COCC1(c2cccc(CON)c2)CC1. The molecule has 0 bridgehead atoms. The first-order valence-electron chi connectivity index (χ1n) is 5.21. The number of hydrogen-bond acceptors (Lipinski definition) is 3. The smallest absolute Gasteiger partial charge is 0.0930 e. The molecule has 3 heteroatoms. The van der Waals surface area contributed by atoms with Crippen LogP contribution < -0.4 is 5.90 Å². The van der Waals surface area contributed by atoms with E-state index in [9.17, 15) is 0 Å². The molecular weight excluding hydrogens is 190 g/mol. The highest BCUT2D eigenvalue weighted by molar-refractivity contribution is 5.34. The molecule has 2 rings (SSSR count). The molecule has 0 saturated heterocycles. The Bertz CT molecular complexity index is 334. The van der Waals surface area contributed by atoms with E-state index < -0.39 is 0 Å². The lowest BCUT2D eigenvalue weighted by Gasteiger charge is -2.15. The summed E-state index contributed by atoms with van der Waals surface area (Å²) in [6, 6.07) is 8.41. The maximum atomic E-state index is 5.27. The first-order valence-corrected chi connectivity index (χ1v) is 5.21. The van der Waals surface area contributed by atoms with Gasteiger partial charge >= 0.3 is 0 Å². The van der Waals surface area contributed by atoms with Gasteiger partial charge in [0.2, 0.25) is 0 Å². The number of nitrogens with two attached hydrogens (primary N) is 1. The van der Waals surface area contributed by atoms with E-state index in [2.05, 4.69) is 23.0 Å². The average Bonchev–Trinajstić information content (AvgIpc) is 3.01. The maximum absolute atomic E-state index is 5.27. The zero-order valence-corrected chi connectivity index (χ0v) is 9.03. The summed E-state index contributed by atoms with van der Waals surface area (Å²) in [6.45, 7) is 1.27. The van der Waals surface area contributed by atoms with Crippen LogP contribution in [0, 0.1) is 0 Å². The summed E-state index contributed by atoms with van der Waals surface area (Å²) in [5.74, 6) is 5.07. The van der Waals surface area contributed by atoms with Crippen molar-refractivity contribution in [1.82, 2.24) is 0 Å². The van der Waals surface area contributed by atoms with Gasteiger partial charge in [-0.05, 0) is 24.0 Å². The normalized spacial score (nSPS) is 17.7. The molecule has 82 valence electrons. The molecular formula is C12H17NO2. The monoisotopic (exact) mass is 207 g/mol. The Morgan fingerprint density at radius 3 is 2.80 bits per heavy atom. The molecule has 0 heterocycles. The molecule has 15 heavy (non-hydrogen) atoms. The van der Waals surface area contributed by atoms with Crippen molar-refractivity contribution in [3.63, 3.8) is 0 Å². The summed E-state index contributed by atoms with van der Waals surface area (Å²) in [7, 11) is 1.76. The molecule has 2 N–H and O–H groups in total. The first kappa shape index (κ1) is 10.6. The lowest BCUT2D eigenvalue weighted by molar-refractivity contribution is 0.124. The van der Waals surface area contributed by atoms with E-state index in [-0.39, 0.29) is 5.41 Å². The van der Waals surface area contributed by atoms with Gasteiger partial charge in [-0.15, -0.1) is 0 Å².